The van der Waals surface area contributed by atoms with Crippen LogP contribution in [0.25, 0.3) is 11.0 Å². The van der Waals surface area contributed by atoms with Gasteiger partial charge < -0.3 is 9.88 Å². The molecule has 5 heteroatoms. The molecule has 92 valence electrons. The fraction of sp³-hybridized carbons (Fsp3) is 0.308. The van der Waals surface area contributed by atoms with Crippen molar-refractivity contribution in [2.75, 3.05) is 13.1 Å². The van der Waals surface area contributed by atoms with Gasteiger partial charge in [0, 0.05) is 31.5 Å². The van der Waals surface area contributed by atoms with Gasteiger partial charge in [-0.15, -0.1) is 0 Å². The number of Topliss-reactive ketones (excluding diaryl/α,β-unsaturated/α-hetero) is 1. The van der Waals surface area contributed by atoms with Crippen LogP contribution >= 0.6 is 0 Å². The van der Waals surface area contributed by atoms with Crippen LogP contribution in [-0.2, 0) is 4.79 Å². The molecule has 1 saturated heterocycles. The summed E-state index contributed by atoms with van der Waals surface area (Å²) in [5.74, 6) is 0.217. The molecule has 0 saturated carbocycles. The van der Waals surface area contributed by atoms with Crippen molar-refractivity contribution in [3.63, 3.8) is 0 Å². The average molecular weight is 243 g/mol. The van der Waals surface area contributed by atoms with Gasteiger partial charge in [0.25, 0.3) is 5.91 Å². The molecule has 3 rings (SSSR count). The normalized spacial score (nSPS) is 16.2. The molecule has 1 aliphatic heterocycles. The number of carbonyl (C=O) groups is 2. The number of aromatic nitrogens is 2. The van der Waals surface area contributed by atoms with Gasteiger partial charge in [0.1, 0.15) is 5.78 Å². The Morgan fingerprint density at radius 1 is 1.28 bits per heavy atom. The van der Waals surface area contributed by atoms with E-state index >= 15 is 0 Å². The number of benzene rings is 1. The van der Waals surface area contributed by atoms with Crippen LogP contribution in [-0.4, -0.2) is 39.6 Å². The van der Waals surface area contributed by atoms with Crippen molar-refractivity contribution >= 4 is 22.7 Å². The fourth-order valence-electron chi connectivity index (χ4n) is 2.21. The molecule has 1 aliphatic rings. The molecule has 2 heterocycles. The standard InChI is InChI=1S/C13H13N3O2/c17-10-3-5-16(6-4-10)13(18)9-1-2-11-12(7-9)15-8-14-11/h1-2,7-8H,3-6H2,(H,14,15). The Kier molecular flexibility index (Phi) is 2.59. The zero-order chi connectivity index (χ0) is 12.5. The molecule has 0 spiro atoms. The number of rotatable bonds is 1. The number of piperidine rings is 1. The van der Waals surface area contributed by atoms with Crippen molar-refractivity contribution < 1.29 is 9.59 Å². The minimum Gasteiger partial charge on any atom is -0.345 e. The molecule has 1 aromatic carbocycles. The molecule has 0 unspecified atom stereocenters. The second kappa shape index (κ2) is 4.25. The Balaban J connectivity index is 1.84. The maximum atomic E-state index is 12.2. The number of nitrogens with zero attached hydrogens (tertiary/aromatic N) is 2. The molecule has 1 aromatic heterocycles. The van der Waals surface area contributed by atoms with E-state index in [0.717, 1.165) is 11.0 Å². The Labute approximate surface area is 104 Å². The van der Waals surface area contributed by atoms with Gasteiger partial charge in [0.2, 0.25) is 0 Å². The van der Waals surface area contributed by atoms with Gasteiger partial charge in [-0.05, 0) is 18.2 Å². The quantitative estimate of drug-likeness (QED) is 0.822. The van der Waals surface area contributed by atoms with E-state index in [4.69, 9.17) is 0 Å². The molecule has 0 atom stereocenters. The Hall–Kier alpha value is -2.17. The molecule has 1 amide bonds. The highest BCUT2D eigenvalue weighted by Crippen LogP contribution is 2.15. The SMILES string of the molecule is O=C1CCN(C(=O)c2ccc3[nH]cnc3c2)CC1. The highest BCUT2D eigenvalue weighted by Gasteiger charge is 2.21. The molecule has 0 bridgehead atoms. The first-order chi connectivity index (χ1) is 8.74. The van der Waals surface area contributed by atoms with Crippen LogP contribution in [0, 0.1) is 0 Å². The summed E-state index contributed by atoms with van der Waals surface area (Å²) >= 11 is 0. The largest absolute Gasteiger partial charge is 0.345 e. The van der Waals surface area contributed by atoms with E-state index in [2.05, 4.69) is 9.97 Å². The lowest BCUT2D eigenvalue weighted by Crippen LogP contribution is -2.38. The summed E-state index contributed by atoms with van der Waals surface area (Å²) in [5, 5.41) is 0. The van der Waals surface area contributed by atoms with E-state index in [1.54, 1.807) is 23.4 Å². The summed E-state index contributed by atoms with van der Waals surface area (Å²) in [6.45, 7) is 1.05. The molecule has 1 N–H and O–H groups in total. The highest BCUT2D eigenvalue weighted by molar-refractivity contribution is 5.98. The van der Waals surface area contributed by atoms with E-state index in [1.165, 1.54) is 0 Å². The lowest BCUT2D eigenvalue weighted by atomic mass is 10.1. The van der Waals surface area contributed by atoms with Crippen LogP contribution in [0.1, 0.15) is 23.2 Å². The Bertz CT molecular complexity index is 607. The number of likely N-dealkylation sites (tertiary alicyclic amines) is 1. The predicted molar refractivity (Wildman–Crippen MR) is 66.2 cm³/mol. The Morgan fingerprint density at radius 2 is 2.06 bits per heavy atom. The number of nitrogens with one attached hydrogen (secondary N) is 1. The van der Waals surface area contributed by atoms with Crippen LogP contribution in [0.5, 0.6) is 0 Å². The zero-order valence-corrected chi connectivity index (χ0v) is 9.85. The number of H-pyrrole nitrogens is 1. The molecule has 1 fully saturated rings. The molecular formula is C13H13N3O2. The number of fused-ring (bicyclic) bond motifs is 1. The fourth-order valence-corrected chi connectivity index (χ4v) is 2.21. The van der Waals surface area contributed by atoms with Crippen molar-refractivity contribution in [3.05, 3.63) is 30.1 Å². The molecule has 5 nitrogen and oxygen atoms in total. The summed E-state index contributed by atoms with van der Waals surface area (Å²) in [6.07, 6.45) is 2.55. The topological polar surface area (TPSA) is 66.1 Å². The van der Waals surface area contributed by atoms with Crippen molar-refractivity contribution in [1.82, 2.24) is 14.9 Å². The molecule has 0 aliphatic carbocycles. The second-order valence-corrected chi connectivity index (χ2v) is 4.47. The molecule has 18 heavy (non-hydrogen) atoms. The third kappa shape index (κ3) is 1.88. The lowest BCUT2D eigenvalue weighted by Gasteiger charge is -2.26. The van der Waals surface area contributed by atoms with E-state index in [1.807, 2.05) is 6.07 Å². The Morgan fingerprint density at radius 3 is 2.83 bits per heavy atom. The smallest absolute Gasteiger partial charge is 0.253 e. The number of hydrogen-bond donors (Lipinski definition) is 1. The van der Waals surface area contributed by atoms with E-state index < -0.39 is 0 Å². The average Bonchev–Trinajstić information content (AvgIpc) is 2.86. The summed E-state index contributed by atoms with van der Waals surface area (Å²) in [7, 11) is 0. The van der Waals surface area contributed by atoms with Crippen molar-refractivity contribution in [2.24, 2.45) is 0 Å². The van der Waals surface area contributed by atoms with E-state index in [-0.39, 0.29) is 11.7 Å². The van der Waals surface area contributed by atoms with Crippen LogP contribution in [0.2, 0.25) is 0 Å². The van der Waals surface area contributed by atoms with Crippen molar-refractivity contribution in [2.45, 2.75) is 12.8 Å². The van der Waals surface area contributed by atoms with E-state index in [9.17, 15) is 9.59 Å². The number of hydrogen-bond acceptors (Lipinski definition) is 3. The van der Waals surface area contributed by atoms with Crippen LogP contribution in [0.4, 0.5) is 0 Å². The van der Waals surface area contributed by atoms with Gasteiger partial charge in [-0.1, -0.05) is 0 Å². The summed E-state index contributed by atoms with van der Waals surface area (Å²) in [4.78, 5) is 32.3. The van der Waals surface area contributed by atoms with Gasteiger partial charge in [-0.2, -0.15) is 0 Å². The van der Waals surface area contributed by atoms with Gasteiger partial charge in [0.15, 0.2) is 0 Å². The number of carbonyl (C=O) groups excluding carboxylic acids is 2. The third-order valence-electron chi connectivity index (χ3n) is 3.28. The minimum absolute atomic E-state index is 0.0209. The predicted octanol–water partition coefficient (Wildman–Crippen LogP) is 1.37. The first-order valence-electron chi connectivity index (χ1n) is 5.98. The first-order valence-corrected chi connectivity index (χ1v) is 5.98. The number of aromatic amines is 1. The first kappa shape index (κ1) is 11.0. The molecule has 0 radical (unpaired) electrons. The zero-order valence-electron chi connectivity index (χ0n) is 9.85. The van der Waals surface area contributed by atoms with Crippen molar-refractivity contribution in [3.8, 4) is 0 Å². The third-order valence-corrected chi connectivity index (χ3v) is 3.28. The van der Waals surface area contributed by atoms with Crippen LogP contribution < -0.4 is 0 Å². The maximum absolute atomic E-state index is 12.2. The molecular weight excluding hydrogens is 230 g/mol. The van der Waals surface area contributed by atoms with Crippen molar-refractivity contribution in [1.29, 1.82) is 0 Å². The molecule has 2 aromatic rings. The summed E-state index contributed by atoms with van der Waals surface area (Å²) < 4.78 is 0. The lowest BCUT2D eigenvalue weighted by molar-refractivity contribution is -0.120. The van der Waals surface area contributed by atoms with Gasteiger partial charge in [-0.25, -0.2) is 4.98 Å². The highest BCUT2D eigenvalue weighted by atomic mass is 16.2. The number of ketones is 1. The van der Waals surface area contributed by atoms with Gasteiger partial charge >= 0.3 is 0 Å². The summed E-state index contributed by atoms with van der Waals surface area (Å²) in [6, 6.07) is 5.43. The maximum Gasteiger partial charge on any atom is 0.253 e. The number of amides is 1. The van der Waals surface area contributed by atoms with Crippen LogP contribution in [0.3, 0.4) is 0 Å². The number of imidazole rings is 1. The minimum atomic E-state index is -0.0209. The van der Waals surface area contributed by atoms with Crippen LogP contribution in [0.15, 0.2) is 24.5 Å². The second-order valence-electron chi connectivity index (χ2n) is 4.47. The van der Waals surface area contributed by atoms with Gasteiger partial charge in [0.05, 0.1) is 17.4 Å². The van der Waals surface area contributed by atoms with Gasteiger partial charge in [-0.3, -0.25) is 9.59 Å². The summed E-state index contributed by atoms with van der Waals surface area (Å²) in [5.41, 5.74) is 2.33. The van der Waals surface area contributed by atoms with E-state index in [0.29, 0.717) is 31.5 Å². The monoisotopic (exact) mass is 243 g/mol.